The molecule has 0 amide bonds. The van der Waals surface area contributed by atoms with Crippen molar-refractivity contribution in [3.63, 3.8) is 0 Å². The average Bonchev–Trinajstić information content (AvgIpc) is 2.22. The first-order valence-corrected chi connectivity index (χ1v) is 5.42. The molecule has 0 aliphatic heterocycles. The van der Waals surface area contributed by atoms with Crippen molar-refractivity contribution in [1.29, 1.82) is 0 Å². The first-order valence-electron chi connectivity index (χ1n) is 5.05. The Labute approximate surface area is 98.2 Å². The molecule has 0 fully saturated rings. The third kappa shape index (κ3) is 1.71. The molecule has 0 bridgehead atoms. The van der Waals surface area contributed by atoms with Crippen LogP contribution < -0.4 is 5.73 Å². The van der Waals surface area contributed by atoms with Crippen LogP contribution in [-0.4, -0.2) is 4.98 Å². The largest absolute Gasteiger partial charge is 0.398 e. The predicted octanol–water partition coefficient (Wildman–Crippen LogP) is 3.73. The third-order valence-corrected chi connectivity index (χ3v) is 2.82. The number of halogens is 2. The lowest BCUT2D eigenvalue weighted by atomic mass is 10.1. The van der Waals surface area contributed by atoms with Gasteiger partial charge in [0.1, 0.15) is 11.3 Å². The quantitative estimate of drug-likeness (QED) is 0.822. The van der Waals surface area contributed by atoms with Crippen LogP contribution in [0.4, 0.5) is 10.1 Å². The highest BCUT2D eigenvalue weighted by molar-refractivity contribution is 6.36. The lowest BCUT2D eigenvalue weighted by Gasteiger charge is -2.10. The molecule has 0 atom stereocenters. The van der Waals surface area contributed by atoms with E-state index in [2.05, 4.69) is 4.98 Å². The first kappa shape index (κ1) is 11.1. The highest BCUT2D eigenvalue weighted by Gasteiger charge is 2.12. The zero-order chi connectivity index (χ0) is 11.9. The maximum atomic E-state index is 13.6. The highest BCUT2D eigenvalue weighted by Crippen LogP contribution is 2.31. The maximum Gasteiger partial charge on any atom is 0.149 e. The van der Waals surface area contributed by atoms with E-state index in [1.165, 1.54) is 12.1 Å². The van der Waals surface area contributed by atoms with Gasteiger partial charge in [0.05, 0.1) is 5.02 Å². The Balaban J connectivity index is 2.86. The molecule has 1 heterocycles. The van der Waals surface area contributed by atoms with E-state index >= 15 is 0 Å². The number of rotatable bonds is 1. The zero-order valence-electron chi connectivity index (χ0n) is 9.09. The third-order valence-electron chi connectivity index (χ3n) is 2.50. The molecule has 84 valence electrons. The van der Waals surface area contributed by atoms with Gasteiger partial charge in [-0.2, -0.15) is 0 Å². The maximum absolute atomic E-state index is 13.6. The van der Waals surface area contributed by atoms with Crippen molar-refractivity contribution in [3.8, 4) is 0 Å². The van der Waals surface area contributed by atoms with E-state index < -0.39 is 5.82 Å². The average molecular weight is 239 g/mol. The van der Waals surface area contributed by atoms with E-state index in [-0.39, 0.29) is 11.4 Å². The minimum absolute atomic E-state index is 0.199. The summed E-state index contributed by atoms with van der Waals surface area (Å²) >= 11 is 5.98. The van der Waals surface area contributed by atoms with Crippen LogP contribution in [0.5, 0.6) is 0 Å². The molecule has 1 aromatic carbocycles. The van der Waals surface area contributed by atoms with Gasteiger partial charge in [0, 0.05) is 16.8 Å². The van der Waals surface area contributed by atoms with Gasteiger partial charge in [-0.05, 0) is 24.1 Å². The smallest absolute Gasteiger partial charge is 0.149 e. The summed E-state index contributed by atoms with van der Waals surface area (Å²) in [5.74, 6) is -0.196. The fourth-order valence-corrected chi connectivity index (χ4v) is 1.88. The highest BCUT2D eigenvalue weighted by atomic mass is 35.5. The molecular weight excluding hydrogens is 227 g/mol. The van der Waals surface area contributed by atoms with E-state index in [0.29, 0.717) is 16.1 Å². The van der Waals surface area contributed by atoms with Crippen LogP contribution in [0.1, 0.15) is 25.5 Å². The molecule has 0 radical (unpaired) electrons. The van der Waals surface area contributed by atoms with Crippen molar-refractivity contribution in [3.05, 3.63) is 34.7 Å². The molecule has 0 saturated carbocycles. The van der Waals surface area contributed by atoms with Crippen LogP contribution >= 0.6 is 11.6 Å². The number of benzene rings is 1. The Morgan fingerprint density at radius 2 is 2.06 bits per heavy atom. The van der Waals surface area contributed by atoms with Gasteiger partial charge in [-0.1, -0.05) is 25.4 Å². The minimum atomic E-state index is -0.395. The molecule has 0 aliphatic carbocycles. The van der Waals surface area contributed by atoms with E-state index in [1.807, 2.05) is 13.8 Å². The van der Waals surface area contributed by atoms with Crippen LogP contribution in [0.15, 0.2) is 18.2 Å². The number of nitrogen functional groups attached to an aromatic ring is 1. The van der Waals surface area contributed by atoms with Gasteiger partial charge in [-0.25, -0.2) is 9.37 Å². The van der Waals surface area contributed by atoms with Crippen LogP contribution in [0.2, 0.25) is 5.02 Å². The van der Waals surface area contributed by atoms with Crippen molar-refractivity contribution >= 4 is 28.2 Å². The fourth-order valence-electron chi connectivity index (χ4n) is 1.61. The Hall–Kier alpha value is -1.35. The van der Waals surface area contributed by atoms with Crippen LogP contribution in [0.3, 0.4) is 0 Å². The summed E-state index contributed by atoms with van der Waals surface area (Å²) in [5, 5.41) is 0.919. The van der Waals surface area contributed by atoms with Gasteiger partial charge in [0.15, 0.2) is 0 Å². The number of nitrogens with two attached hydrogens (primary N) is 1. The van der Waals surface area contributed by atoms with Crippen LogP contribution in [0.25, 0.3) is 10.9 Å². The zero-order valence-corrected chi connectivity index (χ0v) is 9.85. The summed E-state index contributed by atoms with van der Waals surface area (Å²) in [6.45, 7) is 3.96. The Morgan fingerprint density at radius 1 is 1.38 bits per heavy atom. The molecule has 1 aromatic heterocycles. The Morgan fingerprint density at radius 3 is 2.69 bits per heavy atom. The van der Waals surface area contributed by atoms with E-state index in [4.69, 9.17) is 17.3 Å². The molecule has 4 heteroatoms. The monoisotopic (exact) mass is 238 g/mol. The fraction of sp³-hybridized carbons (Fsp3) is 0.250. The van der Waals surface area contributed by atoms with Crippen LogP contribution in [-0.2, 0) is 0 Å². The summed E-state index contributed by atoms with van der Waals surface area (Å²) < 4.78 is 13.6. The lowest BCUT2D eigenvalue weighted by molar-refractivity contribution is 0.635. The number of fused-ring (bicyclic) bond motifs is 1. The Bertz CT molecular complexity index is 552. The second-order valence-corrected chi connectivity index (χ2v) is 4.45. The molecule has 2 aromatic rings. The molecule has 16 heavy (non-hydrogen) atoms. The van der Waals surface area contributed by atoms with Crippen molar-refractivity contribution in [2.24, 2.45) is 0 Å². The van der Waals surface area contributed by atoms with Crippen molar-refractivity contribution < 1.29 is 4.39 Å². The number of hydrogen-bond acceptors (Lipinski definition) is 2. The summed E-state index contributed by atoms with van der Waals surface area (Å²) in [7, 11) is 0. The van der Waals surface area contributed by atoms with Crippen molar-refractivity contribution in [1.82, 2.24) is 4.98 Å². The molecule has 0 unspecified atom stereocenters. The Kier molecular flexibility index (Phi) is 2.72. The number of anilines is 1. The second-order valence-electron chi connectivity index (χ2n) is 4.04. The molecule has 0 saturated heterocycles. The number of nitrogens with zero attached hydrogens (tertiary/aromatic N) is 1. The summed E-state index contributed by atoms with van der Waals surface area (Å²) in [6.07, 6.45) is 0. The molecule has 2 rings (SSSR count). The van der Waals surface area contributed by atoms with Gasteiger partial charge < -0.3 is 5.73 Å². The van der Waals surface area contributed by atoms with Gasteiger partial charge in [-0.3, -0.25) is 0 Å². The van der Waals surface area contributed by atoms with E-state index in [1.54, 1.807) is 6.07 Å². The lowest BCUT2D eigenvalue weighted by Crippen LogP contribution is -1.99. The predicted molar refractivity (Wildman–Crippen MR) is 65.2 cm³/mol. The van der Waals surface area contributed by atoms with E-state index in [0.717, 1.165) is 5.69 Å². The molecule has 0 spiro atoms. The molecular formula is C12H12ClFN2. The second kappa shape index (κ2) is 3.91. The topological polar surface area (TPSA) is 38.9 Å². The van der Waals surface area contributed by atoms with Crippen LogP contribution in [0, 0.1) is 5.82 Å². The molecule has 2 N–H and O–H groups in total. The van der Waals surface area contributed by atoms with E-state index in [9.17, 15) is 4.39 Å². The minimum Gasteiger partial charge on any atom is -0.398 e. The normalized spacial score (nSPS) is 11.3. The number of aromatic nitrogens is 1. The number of hydrogen-bond donors (Lipinski definition) is 1. The van der Waals surface area contributed by atoms with Crippen molar-refractivity contribution in [2.45, 2.75) is 19.8 Å². The molecule has 0 aliphatic rings. The molecule has 2 nitrogen and oxygen atoms in total. The summed E-state index contributed by atoms with van der Waals surface area (Å²) in [4.78, 5) is 4.26. The standard InChI is InChI=1S/C12H12ClFN2/c1-6(2)10-5-9(15)11-7(13)3-4-8(14)12(11)16-10/h3-6H,1-2H3,(H2,15,16). The van der Waals surface area contributed by atoms with Gasteiger partial charge >= 0.3 is 0 Å². The summed E-state index contributed by atoms with van der Waals surface area (Å²) in [5.41, 5.74) is 7.36. The first-order chi connectivity index (χ1) is 7.50. The summed E-state index contributed by atoms with van der Waals surface area (Å²) in [6, 6.07) is 4.55. The SMILES string of the molecule is CC(C)c1cc(N)c2c(Cl)ccc(F)c2n1. The van der Waals surface area contributed by atoms with Gasteiger partial charge in [-0.15, -0.1) is 0 Å². The number of pyridine rings is 1. The van der Waals surface area contributed by atoms with Gasteiger partial charge in [0.25, 0.3) is 0 Å². The van der Waals surface area contributed by atoms with Crippen molar-refractivity contribution in [2.75, 3.05) is 5.73 Å². The van der Waals surface area contributed by atoms with Gasteiger partial charge in [0.2, 0.25) is 0 Å².